The van der Waals surface area contributed by atoms with Crippen LogP contribution in [0.4, 0.5) is 0 Å². The maximum Gasteiger partial charge on any atom is 0.213 e. The average molecular weight is 362 g/mol. The van der Waals surface area contributed by atoms with Crippen molar-refractivity contribution in [2.75, 3.05) is 13.2 Å². The van der Waals surface area contributed by atoms with Gasteiger partial charge < -0.3 is 14.8 Å². The Kier molecular flexibility index (Phi) is 7.25. The van der Waals surface area contributed by atoms with Crippen LogP contribution < -0.4 is 14.8 Å². The van der Waals surface area contributed by atoms with Crippen molar-refractivity contribution in [3.63, 3.8) is 0 Å². The Balaban J connectivity index is 1.32. The molecule has 2 aromatic carbocycles. The Bertz CT molecular complexity index is 804. The lowest BCUT2D eigenvalue weighted by Crippen LogP contribution is -2.17. The molecule has 4 nitrogen and oxygen atoms in total. The SMILES string of the molecule is Cc1cccc(COc2ccc(CNCCCOc3ccccn3)cc2)c1. The van der Waals surface area contributed by atoms with E-state index in [4.69, 9.17) is 9.47 Å². The van der Waals surface area contributed by atoms with Gasteiger partial charge in [-0.3, -0.25) is 0 Å². The molecule has 1 aromatic heterocycles. The molecule has 0 saturated carbocycles. The monoisotopic (exact) mass is 362 g/mol. The molecule has 0 atom stereocenters. The number of aromatic nitrogens is 1. The minimum absolute atomic E-state index is 0.593. The zero-order valence-corrected chi connectivity index (χ0v) is 15.7. The molecule has 0 unspecified atom stereocenters. The van der Waals surface area contributed by atoms with Gasteiger partial charge in [0, 0.05) is 18.8 Å². The summed E-state index contributed by atoms with van der Waals surface area (Å²) in [5.74, 6) is 1.57. The topological polar surface area (TPSA) is 43.4 Å². The van der Waals surface area contributed by atoms with E-state index < -0.39 is 0 Å². The van der Waals surface area contributed by atoms with Crippen LogP contribution >= 0.6 is 0 Å². The van der Waals surface area contributed by atoms with Gasteiger partial charge in [-0.05, 0) is 49.2 Å². The minimum atomic E-state index is 0.593. The third-order valence-corrected chi connectivity index (χ3v) is 4.13. The normalized spacial score (nSPS) is 10.6. The second kappa shape index (κ2) is 10.3. The van der Waals surface area contributed by atoms with E-state index in [1.807, 2.05) is 30.3 Å². The quantitative estimate of drug-likeness (QED) is 0.538. The smallest absolute Gasteiger partial charge is 0.213 e. The summed E-state index contributed by atoms with van der Waals surface area (Å²) >= 11 is 0. The highest BCUT2D eigenvalue weighted by molar-refractivity contribution is 5.28. The zero-order valence-electron chi connectivity index (χ0n) is 15.7. The molecule has 0 bridgehead atoms. The van der Waals surface area contributed by atoms with Crippen molar-refractivity contribution in [2.24, 2.45) is 0 Å². The van der Waals surface area contributed by atoms with Crippen LogP contribution in [0, 0.1) is 6.92 Å². The van der Waals surface area contributed by atoms with Gasteiger partial charge in [-0.15, -0.1) is 0 Å². The third kappa shape index (κ3) is 6.76. The van der Waals surface area contributed by atoms with Crippen LogP contribution in [0.25, 0.3) is 0 Å². The lowest BCUT2D eigenvalue weighted by atomic mass is 10.1. The molecule has 140 valence electrons. The number of aryl methyl sites for hydroxylation is 1. The number of rotatable bonds is 10. The van der Waals surface area contributed by atoms with Crippen LogP contribution in [0.15, 0.2) is 72.9 Å². The fourth-order valence-corrected chi connectivity index (χ4v) is 2.71. The summed E-state index contributed by atoms with van der Waals surface area (Å²) in [5.41, 5.74) is 3.68. The van der Waals surface area contributed by atoms with Gasteiger partial charge in [0.05, 0.1) is 6.61 Å². The van der Waals surface area contributed by atoms with E-state index in [0.717, 1.165) is 25.3 Å². The van der Waals surface area contributed by atoms with Crippen LogP contribution in [-0.4, -0.2) is 18.1 Å². The molecule has 1 N–H and O–H groups in total. The first-order valence-electron chi connectivity index (χ1n) is 9.31. The molecule has 27 heavy (non-hydrogen) atoms. The second-order valence-electron chi connectivity index (χ2n) is 6.47. The molecule has 0 amide bonds. The largest absolute Gasteiger partial charge is 0.489 e. The standard InChI is InChI=1S/C23H26N2O2/c1-19-6-4-7-21(16-19)18-27-22-11-9-20(10-12-22)17-24-13-5-15-26-23-8-2-3-14-25-23/h2-4,6-12,14,16,24H,5,13,15,17-18H2,1H3. The fraction of sp³-hybridized carbons (Fsp3) is 0.261. The molecule has 0 aliphatic carbocycles. The molecule has 0 radical (unpaired) electrons. The van der Waals surface area contributed by atoms with E-state index in [-0.39, 0.29) is 0 Å². The number of nitrogens with zero attached hydrogens (tertiary/aromatic N) is 1. The van der Waals surface area contributed by atoms with E-state index in [0.29, 0.717) is 19.1 Å². The summed E-state index contributed by atoms with van der Waals surface area (Å²) in [5, 5.41) is 3.43. The highest BCUT2D eigenvalue weighted by Gasteiger charge is 1.99. The van der Waals surface area contributed by atoms with Gasteiger partial charge in [-0.1, -0.05) is 48.0 Å². The van der Waals surface area contributed by atoms with E-state index in [1.165, 1.54) is 16.7 Å². The Hall–Kier alpha value is -2.85. The molecule has 0 aliphatic heterocycles. The first kappa shape index (κ1) is 18.9. The fourth-order valence-electron chi connectivity index (χ4n) is 2.71. The molecule has 0 spiro atoms. The van der Waals surface area contributed by atoms with Gasteiger partial charge >= 0.3 is 0 Å². The first-order valence-corrected chi connectivity index (χ1v) is 9.31. The Morgan fingerprint density at radius 1 is 0.889 bits per heavy atom. The molecule has 0 fully saturated rings. The molecular weight excluding hydrogens is 336 g/mol. The predicted octanol–water partition coefficient (Wildman–Crippen LogP) is 4.53. The third-order valence-electron chi connectivity index (χ3n) is 4.13. The van der Waals surface area contributed by atoms with Crippen molar-refractivity contribution in [1.82, 2.24) is 10.3 Å². The van der Waals surface area contributed by atoms with E-state index >= 15 is 0 Å². The molecule has 3 rings (SSSR count). The minimum Gasteiger partial charge on any atom is -0.489 e. The maximum absolute atomic E-state index is 5.86. The van der Waals surface area contributed by atoms with Gasteiger partial charge in [-0.2, -0.15) is 0 Å². The number of pyridine rings is 1. The molecule has 3 aromatic rings. The summed E-state index contributed by atoms with van der Waals surface area (Å²) in [6.45, 7) is 5.08. The van der Waals surface area contributed by atoms with Crippen molar-refractivity contribution in [2.45, 2.75) is 26.5 Å². The number of benzene rings is 2. The summed E-state index contributed by atoms with van der Waals surface area (Å²) < 4.78 is 11.4. The van der Waals surface area contributed by atoms with Crippen molar-refractivity contribution in [1.29, 1.82) is 0 Å². The Morgan fingerprint density at radius 2 is 1.78 bits per heavy atom. The first-order chi connectivity index (χ1) is 13.3. The number of nitrogens with one attached hydrogen (secondary N) is 1. The lowest BCUT2D eigenvalue weighted by Gasteiger charge is -2.09. The van der Waals surface area contributed by atoms with Gasteiger partial charge in [-0.25, -0.2) is 4.98 Å². The molecule has 1 heterocycles. The van der Waals surface area contributed by atoms with E-state index in [9.17, 15) is 0 Å². The van der Waals surface area contributed by atoms with Crippen LogP contribution in [0.1, 0.15) is 23.1 Å². The molecular formula is C23H26N2O2. The highest BCUT2D eigenvalue weighted by atomic mass is 16.5. The van der Waals surface area contributed by atoms with Gasteiger partial charge in [0.2, 0.25) is 5.88 Å². The van der Waals surface area contributed by atoms with Crippen LogP contribution in [0.2, 0.25) is 0 Å². The van der Waals surface area contributed by atoms with E-state index in [2.05, 4.69) is 53.6 Å². The molecule has 0 aliphatic rings. The molecule has 4 heteroatoms. The van der Waals surface area contributed by atoms with E-state index in [1.54, 1.807) is 6.20 Å². The van der Waals surface area contributed by atoms with Crippen LogP contribution in [0.3, 0.4) is 0 Å². The predicted molar refractivity (Wildman–Crippen MR) is 108 cm³/mol. The van der Waals surface area contributed by atoms with Gasteiger partial charge in [0.15, 0.2) is 0 Å². The summed E-state index contributed by atoms with van der Waals surface area (Å²) in [6, 6.07) is 22.3. The van der Waals surface area contributed by atoms with Crippen LogP contribution in [0.5, 0.6) is 11.6 Å². The zero-order chi connectivity index (χ0) is 18.7. The van der Waals surface area contributed by atoms with Crippen molar-refractivity contribution >= 4 is 0 Å². The number of hydrogen-bond acceptors (Lipinski definition) is 4. The number of hydrogen-bond donors (Lipinski definition) is 1. The Morgan fingerprint density at radius 3 is 2.56 bits per heavy atom. The van der Waals surface area contributed by atoms with Crippen molar-refractivity contribution in [3.05, 3.63) is 89.6 Å². The van der Waals surface area contributed by atoms with Crippen LogP contribution in [-0.2, 0) is 13.2 Å². The van der Waals surface area contributed by atoms with Gasteiger partial charge in [0.1, 0.15) is 12.4 Å². The maximum atomic E-state index is 5.86. The summed E-state index contributed by atoms with van der Waals surface area (Å²) in [6.07, 6.45) is 2.68. The van der Waals surface area contributed by atoms with Gasteiger partial charge in [0.25, 0.3) is 0 Å². The lowest BCUT2D eigenvalue weighted by molar-refractivity contribution is 0.296. The highest BCUT2D eigenvalue weighted by Crippen LogP contribution is 2.15. The second-order valence-corrected chi connectivity index (χ2v) is 6.47. The molecule has 0 saturated heterocycles. The summed E-state index contributed by atoms with van der Waals surface area (Å²) in [7, 11) is 0. The van der Waals surface area contributed by atoms with Crippen molar-refractivity contribution in [3.8, 4) is 11.6 Å². The average Bonchev–Trinajstić information content (AvgIpc) is 2.71. The van der Waals surface area contributed by atoms with Crippen molar-refractivity contribution < 1.29 is 9.47 Å². The summed E-state index contributed by atoms with van der Waals surface area (Å²) in [4.78, 5) is 4.14. The Labute approximate surface area is 161 Å². The number of ether oxygens (including phenoxy) is 2.